The molecule has 2 aromatic rings. The van der Waals surface area contributed by atoms with E-state index in [0.29, 0.717) is 53.7 Å². The van der Waals surface area contributed by atoms with Gasteiger partial charge in [-0.1, -0.05) is 26.0 Å². The Morgan fingerprint density at radius 3 is 2.67 bits per heavy atom. The first kappa shape index (κ1) is 23.8. The Bertz CT molecular complexity index is 1220. The van der Waals surface area contributed by atoms with Crippen LogP contribution in [-0.4, -0.2) is 30.3 Å². The molecule has 1 aromatic heterocycles. The van der Waals surface area contributed by atoms with Gasteiger partial charge in [-0.25, -0.2) is 17.8 Å². The first-order chi connectivity index (χ1) is 15.7. The first-order valence-electron chi connectivity index (χ1n) is 11.1. The zero-order valence-electron chi connectivity index (χ0n) is 18.6. The molecule has 2 aliphatic rings. The van der Waals surface area contributed by atoms with Crippen molar-refractivity contribution in [3.63, 3.8) is 0 Å². The minimum atomic E-state index is -3.39. The van der Waals surface area contributed by atoms with Gasteiger partial charge >= 0.3 is 0 Å². The third kappa shape index (κ3) is 5.24. The lowest BCUT2D eigenvalue weighted by atomic mass is 9.94. The van der Waals surface area contributed by atoms with Crippen LogP contribution in [0.1, 0.15) is 70.1 Å². The zero-order valence-corrected chi connectivity index (χ0v) is 20.3. The van der Waals surface area contributed by atoms with Crippen LogP contribution in [0.5, 0.6) is 0 Å². The monoisotopic (exact) mass is 492 g/mol. The number of alkyl halides is 1. The van der Waals surface area contributed by atoms with Gasteiger partial charge in [0.2, 0.25) is 0 Å². The summed E-state index contributed by atoms with van der Waals surface area (Å²) in [7, 11) is -3.39. The number of benzene rings is 1. The van der Waals surface area contributed by atoms with Crippen LogP contribution in [0.25, 0.3) is 5.57 Å². The number of amides is 1. The number of Topliss-reactive ketones (excluding diaryl/α,β-unsaturated/α-hetero) is 1. The number of aromatic nitrogens is 1. The predicted octanol–water partition coefficient (Wildman–Crippen LogP) is 5.31. The van der Waals surface area contributed by atoms with Crippen LogP contribution >= 0.6 is 11.3 Å². The number of halogens is 1. The van der Waals surface area contributed by atoms with Crippen LogP contribution in [0.15, 0.2) is 34.6 Å². The summed E-state index contributed by atoms with van der Waals surface area (Å²) in [6.45, 7) is 3.14. The second kappa shape index (κ2) is 9.46. The summed E-state index contributed by atoms with van der Waals surface area (Å²) in [5.41, 5.74) is 1.88. The highest BCUT2D eigenvalue weighted by Gasteiger charge is 2.38. The summed E-state index contributed by atoms with van der Waals surface area (Å²) in [4.78, 5) is 29.4. The largest absolute Gasteiger partial charge is 0.300 e. The number of thiazole rings is 1. The number of anilines is 1. The van der Waals surface area contributed by atoms with Gasteiger partial charge in [-0.15, -0.1) is 11.3 Å². The summed E-state index contributed by atoms with van der Waals surface area (Å²) < 4.78 is 38.8. The molecular formula is C24H29FN2O4S2. The van der Waals surface area contributed by atoms with E-state index in [4.69, 9.17) is 0 Å². The van der Waals surface area contributed by atoms with Crippen molar-refractivity contribution < 1.29 is 23.8 Å². The number of allylic oxidation sites excluding steroid dienone is 1. The maximum absolute atomic E-state index is 13.3. The average Bonchev–Trinajstić information content (AvgIpc) is 3.43. The molecule has 2 aliphatic carbocycles. The zero-order chi connectivity index (χ0) is 23.8. The lowest BCUT2D eigenvalue weighted by Crippen LogP contribution is -2.16. The van der Waals surface area contributed by atoms with Crippen LogP contribution in [0.2, 0.25) is 0 Å². The second-order valence-electron chi connectivity index (χ2n) is 9.01. The Hall–Kier alpha value is -2.39. The quantitative estimate of drug-likeness (QED) is 0.504. The molecule has 0 radical (unpaired) electrons. The Kier molecular flexibility index (Phi) is 6.81. The van der Waals surface area contributed by atoms with E-state index in [1.807, 2.05) is 13.8 Å². The number of nitrogens with one attached hydrogen (secondary N) is 1. The van der Waals surface area contributed by atoms with Crippen molar-refractivity contribution in [2.24, 2.45) is 5.92 Å². The Labute approximate surface area is 198 Å². The van der Waals surface area contributed by atoms with Crippen molar-refractivity contribution in [2.75, 3.05) is 5.32 Å². The van der Waals surface area contributed by atoms with Crippen molar-refractivity contribution in [2.45, 2.75) is 68.7 Å². The summed E-state index contributed by atoms with van der Waals surface area (Å²) in [6, 6.07) is 5.04. The molecule has 1 heterocycles. The number of rotatable bonds is 8. The van der Waals surface area contributed by atoms with Gasteiger partial charge in [0.15, 0.2) is 15.0 Å². The van der Waals surface area contributed by atoms with Crippen LogP contribution in [0.3, 0.4) is 0 Å². The minimum absolute atomic E-state index is 0. The maximum Gasteiger partial charge on any atom is 0.257 e. The fourth-order valence-corrected chi connectivity index (χ4v) is 6.78. The molecule has 33 heavy (non-hydrogen) atoms. The normalized spacial score (nSPS) is 19.3. The van der Waals surface area contributed by atoms with E-state index >= 15 is 0 Å². The lowest BCUT2D eigenvalue weighted by molar-refractivity contribution is -0.117. The summed E-state index contributed by atoms with van der Waals surface area (Å²) >= 11 is 1.14. The van der Waals surface area contributed by atoms with Crippen LogP contribution in [0.4, 0.5) is 9.52 Å². The topological polar surface area (TPSA) is 93.2 Å². The number of carbonyl (C=O) groups excluding carboxylic acids is 2. The molecule has 178 valence electrons. The van der Waals surface area contributed by atoms with E-state index in [2.05, 4.69) is 10.3 Å². The molecule has 0 bridgehead atoms. The Morgan fingerprint density at radius 1 is 1.33 bits per heavy atom. The third-order valence-corrected chi connectivity index (χ3v) is 9.19. The van der Waals surface area contributed by atoms with Gasteiger partial charge in [0.1, 0.15) is 12.5 Å². The molecule has 0 aliphatic heterocycles. The summed E-state index contributed by atoms with van der Waals surface area (Å²) in [5.74, 6) is -0.371. The highest BCUT2D eigenvalue weighted by molar-refractivity contribution is 7.92. The van der Waals surface area contributed by atoms with Crippen LogP contribution < -0.4 is 5.32 Å². The third-order valence-electron chi connectivity index (χ3n) is 6.05. The molecule has 1 amide bonds. The Morgan fingerprint density at radius 2 is 2.09 bits per heavy atom. The number of nitrogens with zero attached hydrogens (tertiary/aromatic N) is 1. The highest BCUT2D eigenvalue weighted by atomic mass is 32.2. The molecule has 9 heteroatoms. The smallest absolute Gasteiger partial charge is 0.257 e. The molecule has 0 unspecified atom stereocenters. The number of sulfone groups is 1. The van der Waals surface area contributed by atoms with E-state index in [1.165, 1.54) is 0 Å². The number of ketones is 1. The average molecular weight is 493 g/mol. The van der Waals surface area contributed by atoms with E-state index < -0.39 is 22.4 Å². The van der Waals surface area contributed by atoms with E-state index in [1.54, 1.807) is 29.7 Å². The molecule has 4 rings (SSSR count). The summed E-state index contributed by atoms with van der Waals surface area (Å²) in [6.07, 6.45) is 4.70. The minimum Gasteiger partial charge on any atom is -0.300 e. The molecule has 1 aromatic carbocycles. The van der Waals surface area contributed by atoms with Crippen LogP contribution in [0, 0.1) is 5.92 Å². The van der Waals surface area contributed by atoms with Crippen LogP contribution in [-0.2, 0) is 26.1 Å². The van der Waals surface area contributed by atoms with Gasteiger partial charge in [-0.2, -0.15) is 0 Å². The Balaban J connectivity index is 0.00000324. The van der Waals surface area contributed by atoms with Gasteiger partial charge in [-0.05, 0) is 54.4 Å². The number of carbonyl (C=O) groups is 2. The maximum atomic E-state index is 13.3. The molecule has 0 spiro atoms. The first-order valence-corrected chi connectivity index (χ1v) is 13.5. The van der Waals surface area contributed by atoms with Crippen molar-refractivity contribution in [3.05, 3.63) is 46.5 Å². The van der Waals surface area contributed by atoms with Gasteiger partial charge in [0.05, 0.1) is 15.8 Å². The molecule has 0 saturated heterocycles. The van der Waals surface area contributed by atoms with Gasteiger partial charge in [-0.3, -0.25) is 14.9 Å². The summed E-state index contributed by atoms with van der Waals surface area (Å²) in [5, 5.41) is 4.25. The molecule has 1 N–H and O–H groups in total. The van der Waals surface area contributed by atoms with E-state index in [0.717, 1.165) is 11.3 Å². The highest BCUT2D eigenvalue weighted by Crippen LogP contribution is 2.38. The molecular weight excluding hydrogens is 463 g/mol. The van der Waals surface area contributed by atoms with Crippen molar-refractivity contribution >= 4 is 43.6 Å². The molecule has 1 atom stereocenters. The van der Waals surface area contributed by atoms with Gasteiger partial charge in [0, 0.05) is 25.2 Å². The van der Waals surface area contributed by atoms with Crippen molar-refractivity contribution in [1.29, 1.82) is 0 Å². The van der Waals surface area contributed by atoms with E-state index in [-0.39, 0.29) is 35.1 Å². The fraction of sp³-hybridized carbons (Fsp3) is 0.458. The number of hydrogen-bond donors (Lipinski definition) is 1. The molecule has 2 saturated carbocycles. The number of hydrogen-bond acceptors (Lipinski definition) is 6. The van der Waals surface area contributed by atoms with Crippen molar-refractivity contribution in [3.8, 4) is 0 Å². The fourth-order valence-electron chi connectivity index (χ4n) is 4.10. The van der Waals surface area contributed by atoms with Gasteiger partial charge < -0.3 is 0 Å². The molecule has 2 fully saturated rings. The SMILES string of the molecule is CC(C)c1cc(/C(=C\[C@H]2CCC(=O)C2)C(=O)Nc2nc(CF)cs2)ccc1S(=O)(=O)C1CC1.[HH]. The van der Waals surface area contributed by atoms with E-state index in [9.17, 15) is 22.4 Å². The second-order valence-corrected chi connectivity index (χ2v) is 12.1. The predicted molar refractivity (Wildman–Crippen MR) is 129 cm³/mol. The standard InChI is InChI=1S/C24H27FN2O4S2.H2/c1-14(2)20-11-16(4-8-22(20)33(30,31)19-6-7-19)21(10-15-3-5-18(28)9-15)23(29)27-24-26-17(12-25)13-32-24;/h4,8,10-11,13-15,19H,3,5-7,9,12H2,1-2H3,(H,26,27,29);1H/b21-10+;/t15-;/m0./s1. The molecule has 6 nitrogen and oxygen atoms in total. The lowest BCUT2D eigenvalue weighted by Gasteiger charge is -2.17. The van der Waals surface area contributed by atoms with Gasteiger partial charge in [0.25, 0.3) is 5.91 Å². The van der Waals surface area contributed by atoms with Crippen molar-refractivity contribution in [1.82, 2.24) is 4.98 Å².